The third-order valence-corrected chi connectivity index (χ3v) is 3.93. The van der Waals surface area contributed by atoms with E-state index in [1.165, 1.54) is 11.1 Å². The van der Waals surface area contributed by atoms with Gasteiger partial charge in [-0.2, -0.15) is 0 Å². The largest absolute Gasteiger partial charge is 0.311 e. The fourth-order valence-corrected chi connectivity index (χ4v) is 2.60. The van der Waals surface area contributed by atoms with Gasteiger partial charge in [-0.15, -0.1) is 0 Å². The van der Waals surface area contributed by atoms with Gasteiger partial charge in [-0.25, -0.2) is 0 Å². The molecule has 1 N–H and O–H groups in total. The number of amides is 1. The molecule has 3 nitrogen and oxygen atoms in total. The van der Waals surface area contributed by atoms with Crippen molar-refractivity contribution >= 4 is 11.6 Å². The molecule has 104 valence electrons. The van der Waals surface area contributed by atoms with Gasteiger partial charge in [0.15, 0.2) is 0 Å². The molecule has 1 aliphatic rings. The van der Waals surface area contributed by atoms with Crippen molar-refractivity contribution in [2.45, 2.75) is 46.1 Å². The zero-order valence-corrected chi connectivity index (χ0v) is 12.2. The summed E-state index contributed by atoms with van der Waals surface area (Å²) in [5.41, 5.74) is 3.65. The van der Waals surface area contributed by atoms with Gasteiger partial charge in [0, 0.05) is 18.3 Å². The number of benzene rings is 1. The summed E-state index contributed by atoms with van der Waals surface area (Å²) in [6, 6.07) is 6.71. The second-order valence-corrected chi connectivity index (χ2v) is 5.42. The van der Waals surface area contributed by atoms with Crippen molar-refractivity contribution in [3.63, 3.8) is 0 Å². The molecule has 1 aliphatic heterocycles. The van der Waals surface area contributed by atoms with Crippen molar-refractivity contribution in [1.82, 2.24) is 5.32 Å². The Bertz CT molecular complexity index is 456. The highest BCUT2D eigenvalue weighted by molar-refractivity contribution is 5.96. The third-order valence-electron chi connectivity index (χ3n) is 3.93. The minimum atomic E-state index is 0.190. The highest BCUT2D eigenvalue weighted by Gasteiger charge is 2.23. The summed E-state index contributed by atoms with van der Waals surface area (Å²) >= 11 is 0. The predicted molar refractivity (Wildman–Crippen MR) is 79.6 cm³/mol. The number of para-hydroxylation sites is 1. The topological polar surface area (TPSA) is 32.3 Å². The summed E-state index contributed by atoms with van der Waals surface area (Å²) in [6.07, 6.45) is 3.19. The van der Waals surface area contributed by atoms with Gasteiger partial charge >= 0.3 is 0 Å². The average molecular weight is 260 g/mol. The summed E-state index contributed by atoms with van der Waals surface area (Å²) in [5.74, 6) is 0.190. The van der Waals surface area contributed by atoms with Gasteiger partial charge in [-0.3, -0.25) is 4.79 Å². The van der Waals surface area contributed by atoms with E-state index in [1.807, 2.05) is 4.90 Å². The zero-order valence-electron chi connectivity index (χ0n) is 12.2. The number of fused-ring (bicyclic) bond motifs is 1. The summed E-state index contributed by atoms with van der Waals surface area (Å²) in [4.78, 5) is 14.4. The number of carbonyl (C=O) groups excluding carboxylic acids is 1. The molecule has 1 aromatic carbocycles. The number of anilines is 1. The molecule has 1 amide bonds. The van der Waals surface area contributed by atoms with Crippen LogP contribution in [0.3, 0.4) is 0 Å². The Hall–Kier alpha value is -1.35. The van der Waals surface area contributed by atoms with Gasteiger partial charge in [-0.05, 0) is 44.2 Å². The molecule has 19 heavy (non-hydrogen) atoms. The second-order valence-electron chi connectivity index (χ2n) is 5.42. The third kappa shape index (κ3) is 3.16. The van der Waals surface area contributed by atoms with Crippen LogP contribution in [0.25, 0.3) is 0 Å². The minimum absolute atomic E-state index is 0.190. The predicted octanol–water partition coefficient (Wildman–Crippen LogP) is 2.66. The maximum atomic E-state index is 12.4. The van der Waals surface area contributed by atoms with E-state index >= 15 is 0 Å². The highest BCUT2D eigenvalue weighted by Crippen LogP contribution is 2.30. The van der Waals surface area contributed by atoms with E-state index in [-0.39, 0.29) is 5.91 Å². The number of nitrogens with zero attached hydrogens (tertiary/aromatic N) is 1. The molecule has 0 radical (unpaired) electrons. The molecule has 1 aromatic rings. The Labute approximate surface area is 116 Å². The van der Waals surface area contributed by atoms with Crippen LogP contribution in [-0.4, -0.2) is 25.0 Å². The van der Waals surface area contributed by atoms with Crippen LogP contribution >= 0.6 is 0 Å². The van der Waals surface area contributed by atoms with Crippen LogP contribution in [0.15, 0.2) is 18.2 Å². The van der Waals surface area contributed by atoms with Crippen molar-refractivity contribution < 1.29 is 4.79 Å². The van der Waals surface area contributed by atoms with Crippen LogP contribution in [0.4, 0.5) is 5.69 Å². The van der Waals surface area contributed by atoms with Crippen molar-refractivity contribution in [1.29, 1.82) is 0 Å². The quantitative estimate of drug-likeness (QED) is 0.902. The van der Waals surface area contributed by atoms with E-state index in [4.69, 9.17) is 0 Å². The second kappa shape index (κ2) is 6.20. The van der Waals surface area contributed by atoms with Crippen molar-refractivity contribution in [2.24, 2.45) is 0 Å². The smallest absolute Gasteiger partial charge is 0.240 e. The molecule has 2 rings (SSSR count). The monoisotopic (exact) mass is 260 g/mol. The van der Waals surface area contributed by atoms with Crippen LogP contribution in [-0.2, 0) is 11.2 Å². The molecule has 0 spiro atoms. The molecule has 1 unspecified atom stereocenters. The first kappa shape index (κ1) is 14.1. The van der Waals surface area contributed by atoms with Gasteiger partial charge in [0.05, 0.1) is 6.54 Å². The molecule has 0 saturated carbocycles. The molecule has 0 fully saturated rings. The maximum Gasteiger partial charge on any atom is 0.240 e. The number of rotatable bonds is 4. The number of aryl methyl sites for hydroxylation is 2. The van der Waals surface area contributed by atoms with E-state index in [1.54, 1.807) is 0 Å². The van der Waals surface area contributed by atoms with Gasteiger partial charge in [0.25, 0.3) is 0 Å². The van der Waals surface area contributed by atoms with E-state index in [2.05, 4.69) is 44.3 Å². The summed E-state index contributed by atoms with van der Waals surface area (Å²) < 4.78 is 0. The average Bonchev–Trinajstić information content (AvgIpc) is 2.44. The number of nitrogens with one attached hydrogen (secondary N) is 1. The lowest BCUT2D eigenvalue weighted by molar-refractivity contribution is -0.118. The molecule has 0 bridgehead atoms. The number of carbonyl (C=O) groups is 1. The van der Waals surface area contributed by atoms with Crippen LogP contribution in [0, 0.1) is 6.92 Å². The van der Waals surface area contributed by atoms with Gasteiger partial charge in [-0.1, -0.05) is 25.1 Å². The SMILES string of the molecule is CCC(C)NCC(=O)N1CCCc2cccc(C)c21. The molecule has 0 aliphatic carbocycles. The van der Waals surface area contributed by atoms with Crippen LogP contribution in [0.5, 0.6) is 0 Å². The van der Waals surface area contributed by atoms with Gasteiger partial charge < -0.3 is 10.2 Å². The Kier molecular flexibility index (Phi) is 4.59. The number of hydrogen-bond donors (Lipinski definition) is 1. The minimum Gasteiger partial charge on any atom is -0.311 e. The first-order valence-electron chi connectivity index (χ1n) is 7.25. The lowest BCUT2D eigenvalue weighted by Gasteiger charge is -2.31. The molecule has 0 aromatic heterocycles. The molecular weight excluding hydrogens is 236 g/mol. The van der Waals surface area contributed by atoms with E-state index in [9.17, 15) is 4.79 Å². The lowest BCUT2D eigenvalue weighted by Crippen LogP contribution is -2.43. The fraction of sp³-hybridized carbons (Fsp3) is 0.562. The van der Waals surface area contributed by atoms with E-state index < -0.39 is 0 Å². The van der Waals surface area contributed by atoms with E-state index in [0.29, 0.717) is 12.6 Å². The molecule has 0 saturated heterocycles. The first-order chi connectivity index (χ1) is 9.13. The maximum absolute atomic E-state index is 12.4. The normalized spacial score (nSPS) is 16.1. The Balaban J connectivity index is 2.12. The van der Waals surface area contributed by atoms with Crippen LogP contribution < -0.4 is 10.2 Å². The molecule has 3 heteroatoms. The lowest BCUT2D eigenvalue weighted by atomic mass is 9.98. The fourth-order valence-electron chi connectivity index (χ4n) is 2.60. The number of hydrogen-bond acceptors (Lipinski definition) is 2. The summed E-state index contributed by atoms with van der Waals surface area (Å²) in [6.45, 7) is 7.61. The van der Waals surface area contributed by atoms with Gasteiger partial charge in [0.1, 0.15) is 0 Å². The standard InChI is InChI=1S/C16H24N2O/c1-4-13(3)17-11-15(19)18-10-6-9-14-8-5-7-12(2)16(14)18/h5,7-8,13,17H,4,6,9-11H2,1-3H3. The van der Waals surface area contributed by atoms with Crippen molar-refractivity contribution in [3.05, 3.63) is 29.3 Å². The Morgan fingerprint density at radius 1 is 1.47 bits per heavy atom. The zero-order chi connectivity index (χ0) is 13.8. The van der Waals surface area contributed by atoms with Crippen molar-refractivity contribution in [3.8, 4) is 0 Å². The van der Waals surface area contributed by atoms with Crippen molar-refractivity contribution in [2.75, 3.05) is 18.0 Å². The molecule has 1 heterocycles. The molecular formula is C16H24N2O. The van der Waals surface area contributed by atoms with Crippen LogP contribution in [0.1, 0.15) is 37.8 Å². The van der Waals surface area contributed by atoms with E-state index in [0.717, 1.165) is 31.5 Å². The Morgan fingerprint density at radius 3 is 3.00 bits per heavy atom. The first-order valence-corrected chi connectivity index (χ1v) is 7.25. The highest BCUT2D eigenvalue weighted by atomic mass is 16.2. The Morgan fingerprint density at radius 2 is 2.26 bits per heavy atom. The van der Waals surface area contributed by atoms with Crippen LogP contribution in [0.2, 0.25) is 0 Å². The molecule has 1 atom stereocenters. The summed E-state index contributed by atoms with van der Waals surface area (Å²) in [7, 11) is 0. The van der Waals surface area contributed by atoms with Gasteiger partial charge in [0.2, 0.25) is 5.91 Å². The summed E-state index contributed by atoms with van der Waals surface area (Å²) in [5, 5.41) is 3.29.